The van der Waals surface area contributed by atoms with Crippen LogP contribution in [0.3, 0.4) is 0 Å². The fourth-order valence-electron chi connectivity index (χ4n) is 3.91. The van der Waals surface area contributed by atoms with Gasteiger partial charge in [-0.25, -0.2) is 4.98 Å². The Kier molecular flexibility index (Phi) is 7.35. The van der Waals surface area contributed by atoms with E-state index in [1.807, 2.05) is 31.2 Å². The topological polar surface area (TPSA) is 63.7 Å². The van der Waals surface area contributed by atoms with Crippen molar-refractivity contribution in [2.45, 2.75) is 20.3 Å². The average Bonchev–Trinajstić information content (AvgIpc) is 2.82. The van der Waals surface area contributed by atoms with E-state index in [0.717, 1.165) is 67.2 Å². The zero-order valence-electron chi connectivity index (χ0n) is 18.9. The van der Waals surface area contributed by atoms with Crippen LogP contribution in [-0.2, 0) is 4.74 Å². The number of hydrogen-bond donors (Lipinski definition) is 1. The molecular weight excluding hydrogens is 402 g/mol. The Morgan fingerprint density at radius 1 is 1.12 bits per heavy atom. The minimum absolute atomic E-state index is 0.0704. The summed E-state index contributed by atoms with van der Waals surface area (Å²) in [6.07, 6.45) is 0.922. The number of carbonyl (C=O) groups is 1. The fourth-order valence-corrected chi connectivity index (χ4v) is 3.91. The number of benzene rings is 2. The molecule has 0 unspecified atom stereocenters. The summed E-state index contributed by atoms with van der Waals surface area (Å²) in [5.41, 5.74) is 4.55. The standard InChI is InChI=1S/C26H31N3O3/c1-3-32-25-18-24(20-7-5-19(2)6-8-20)28-23-10-9-21(17-22(23)25)26(30)27-11-4-12-29-13-15-31-16-14-29/h5-10,17-18H,3-4,11-16H2,1-2H3,(H,27,30). The predicted molar refractivity (Wildman–Crippen MR) is 127 cm³/mol. The first-order chi connectivity index (χ1) is 15.6. The molecule has 0 radical (unpaired) electrons. The highest BCUT2D eigenvalue weighted by molar-refractivity contribution is 5.99. The molecule has 0 aliphatic carbocycles. The number of rotatable bonds is 8. The molecule has 1 aliphatic heterocycles. The second-order valence-corrected chi connectivity index (χ2v) is 8.10. The maximum atomic E-state index is 12.7. The van der Waals surface area contributed by atoms with E-state index in [0.29, 0.717) is 18.7 Å². The van der Waals surface area contributed by atoms with Crippen molar-refractivity contribution in [3.05, 3.63) is 59.7 Å². The molecule has 0 atom stereocenters. The highest BCUT2D eigenvalue weighted by Gasteiger charge is 2.13. The van der Waals surface area contributed by atoms with Crippen LogP contribution in [0.2, 0.25) is 0 Å². The second kappa shape index (κ2) is 10.6. The molecule has 0 spiro atoms. The maximum absolute atomic E-state index is 12.7. The molecule has 0 bridgehead atoms. The van der Waals surface area contributed by atoms with Gasteiger partial charge in [-0.1, -0.05) is 29.8 Å². The van der Waals surface area contributed by atoms with Gasteiger partial charge < -0.3 is 14.8 Å². The van der Waals surface area contributed by atoms with Crippen LogP contribution < -0.4 is 10.1 Å². The van der Waals surface area contributed by atoms with Crippen LogP contribution >= 0.6 is 0 Å². The van der Waals surface area contributed by atoms with E-state index in [1.165, 1.54) is 5.56 Å². The number of nitrogens with zero attached hydrogens (tertiary/aromatic N) is 2. The lowest BCUT2D eigenvalue weighted by molar-refractivity contribution is 0.0374. The van der Waals surface area contributed by atoms with Crippen LogP contribution in [0.5, 0.6) is 5.75 Å². The minimum Gasteiger partial charge on any atom is -0.493 e. The van der Waals surface area contributed by atoms with Crippen LogP contribution in [0.1, 0.15) is 29.3 Å². The van der Waals surface area contributed by atoms with Crippen LogP contribution in [0.25, 0.3) is 22.2 Å². The number of ether oxygens (including phenoxy) is 2. The number of amides is 1. The van der Waals surface area contributed by atoms with Gasteiger partial charge in [0.05, 0.1) is 31.0 Å². The number of nitrogens with one attached hydrogen (secondary N) is 1. The van der Waals surface area contributed by atoms with Gasteiger partial charge in [-0.2, -0.15) is 0 Å². The number of carbonyl (C=O) groups excluding carboxylic acids is 1. The molecule has 3 aromatic rings. The first kappa shape index (κ1) is 22.2. The molecule has 1 fully saturated rings. The Morgan fingerprint density at radius 3 is 2.66 bits per heavy atom. The molecule has 1 aliphatic rings. The summed E-state index contributed by atoms with van der Waals surface area (Å²) in [7, 11) is 0. The SMILES string of the molecule is CCOc1cc(-c2ccc(C)cc2)nc2ccc(C(=O)NCCCN3CCOCC3)cc12. The number of fused-ring (bicyclic) bond motifs is 1. The van der Waals surface area contributed by atoms with Gasteiger partial charge >= 0.3 is 0 Å². The highest BCUT2D eigenvalue weighted by atomic mass is 16.5. The van der Waals surface area contributed by atoms with Gasteiger partial charge in [-0.3, -0.25) is 9.69 Å². The molecule has 0 saturated carbocycles. The normalized spacial score (nSPS) is 14.4. The Bertz CT molecular complexity index is 1060. The van der Waals surface area contributed by atoms with Gasteiger partial charge in [0.25, 0.3) is 5.91 Å². The second-order valence-electron chi connectivity index (χ2n) is 8.10. The van der Waals surface area contributed by atoms with E-state index in [4.69, 9.17) is 14.5 Å². The maximum Gasteiger partial charge on any atom is 0.251 e. The van der Waals surface area contributed by atoms with Crippen molar-refractivity contribution in [3.8, 4) is 17.0 Å². The van der Waals surface area contributed by atoms with Crippen molar-refractivity contribution in [3.63, 3.8) is 0 Å². The van der Waals surface area contributed by atoms with E-state index in [1.54, 1.807) is 0 Å². The van der Waals surface area contributed by atoms with Crippen LogP contribution in [-0.4, -0.2) is 61.8 Å². The van der Waals surface area contributed by atoms with Crippen molar-refractivity contribution in [1.29, 1.82) is 0 Å². The highest BCUT2D eigenvalue weighted by Crippen LogP contribution is 2.31. The van der Waals surface area contributed by atoms with Gasteiger partial charge in [0, 0.05) is 42.2 Å². The number of morpholine rings is 1. The summed E-state index contributed by atoms with van der Waals surface area (Å²) < 4.78 is 11.3. The molecule has 32 heavy (non-hydrogen) atoms. The van der Waals surface area contributed by atoms with Gasteiger partial charge in [-0.15, -0.1) is 0 Å². The fraction of sp³-hybridized carbons (Fsp3) is 0.385. The van der Waals surface area contributed by atoms with Crippen molar-refractivity contribution in [2.75, 3.05) is 46.0 Å². The lowest BCUT2D eigenvalue weighted by Gasteiger charge is -2.26. The number of pyridine rings is 1. The van der Waals surface area contributed by atoms with Crippen LogP contribution in [0.15, 0.2) is 48.5 Å². The number of aromatic nitrogens is 1. The van der Waals surface area contributed by atoms with Gasteiger partial charge in [-0.05, 0) is 45.0 Å². The van der Waals surface area contributed by atoms with E-state index < -0.39 is 0 Å². The number of aryl methyl sites for hydroxylation is 1. The first-order valence-electron chi connectivity index (χ1n) is 11.4. The molecular formula is C26H31N3O3. The van der Waals surface area contributed by atoms with Crippen molar-refractivity contribution < 1.29 is 14.3 Å². The van der Waals surface area contributed by atoms with E-state index in [-0.39, 0.29) is 5.91 Å². The van der Waals surface area contributed by atoms with Crippen molar-refractivity contribution in [2.24, 2.45) is 0 Å². The predicted octanol–water partition coefficient (Wildman–Crippen LogP) is 4.06. The molecule has 2 aromatic carbocycles. The quantitative estimate of drug-likeness (QED) is 0.543. The van der Waals surface area contributed by atoms with Crippen LogP contribution in [0.4, 0.5) is 0 Å². The Labute approximate surface area is 189 Å². The van der Waals surface area contributed by atoms with Gasteiger partial charge in [0.15, 0.2) is 0 Å². The molecule has 6 heteroatoms. The Hall–Kier alpha value is -2.96. The number of hydrogen-bond acceptors (Lipinski definition) is 5. The lowest BCUT2D eigenvalue weighted by atomic mass is 10.1. The Morgan fingerprint density at radius 2 is 1.91 bits per heavy atom. The molecule has 2 heterocycles. The van der Waals surface area contributed by atoms with E-state index in [9.17, 15) is 4.79 Å². The monoisotopic (exact) mass is 433 g/mol. The third-order valence-electron chi connectivity index (χ3n) is 5.72. The van der Waals surface area contributed by atoms with Gasteiger partial charge in [0.1, 0.15) is 5.75 Å². The smallest absolute Gasteiger partial charge is 0.251 e. The molecule has 1 saturated heterocycles. The summed E-state index contributed by atoms with van der Waals surface area (Å²) in [6.45, 7) is 9.73. The molecule has 4 rings (SSSR count). The third-order valence-corrected chi connectivity index (χ3v) is 5.72. The molecule has 168 valence electrons. The molecule has 1 aromatic heterocycles. The molecule has 1 N–H and O–H groups in total. The summed E-state index contributed by atoms with van der Waals surface area (Å²) in [5, 5.41) is 3.89. The van der Waals surface area contributed by atoms with Crippen LogP contribution in [0, 0.1) is 6.92 Å². The summed E-state index contributed by atoms with van der Waals surface area (Å²) in [6, 6.07) is 15.9. The molecule has 6 nitrogen and oxygen atoms in total. The summed E-state index contributed by atoms with van der Waals surface area (Å²) in [5.74, 6) is 0.675. The lowest BCUT2D eigenvalue weighted by Crippen LogP contribution is -2.38. The van der Waals surface area contributed by atoms with Gasteiger partial charge in [0.2, 0.25) is 0 Å². The first-order valence-corrected chi connectivity index (χ1v) is 11.4. The third kappa shape index (κ3) is 5.44. The van der Waals surface area contributed by atoms with E-state index in [2.05, 4.69) is 41.4 Å². The van der Waals surface area contributed by atoms with Crippen molar-refractivity contribution >= 4 is 16.8 Å². The largest absolute Gasteiger partial charge is 0.493 e. The van der Waals surface area contributed by atoms with Crippen molar-refractivity contribution in [1.82, 2.24) is 15.2 Å². The minimum atomic E-state index is -0.0704. The summed E-state index contributed by atoms with van der Waals surface area (Å²) in [4.78, 5) is 19.9. The molecule has 1 amide bonds. The Balaban J connectivity index is 1.48. The summed E-state index contributed by atoms with van der Waals surface area (Å²) >= 11 is 0. The van der Waals surface area contributed by atoms with E-state index >= 15 is 0 Å². The average molecular weight is 434 g/mol. The zero-order chi connectivity index (χ0) is 22.3. The zero-order valence-corrected chi connectivity index (χ0v) is 18.9.